The predicted molar refractivity (Wildman–Crippen MR) is 141 cm³/mol. The Hall–Kier alpha value is -3.10. The summed E-state index contributed by atoms with van der Waals surface area (Å²) in [6, 6.07) is 17.1. The number of fused-ring (bicyclic) bond motifs is 2. The Bertz CT molecular complexity index is 1370. The fourth-order valence-electron chi connectivity index (χ4n) is 5.15. The number of rotatable bonds is 7. The van der Waals surface area contributed by atoms with Gasteiger partial charge in [-0.3, -0.25) is 9.71 Å². The molecule has 2 aliphatic heterocycles. The molecule has 1 fully saturated rings. The molecule has 8 heteroatoms. The van der Waals surface area contributed by atoms with Crippen molar-refractivity contribution in [3.05, 3.63) is 71.3 Å². The Labute approximate surface area is 206 Å². The Kier molecular flexibility index (Phi) is 6.42. The first-order chi connectivity index (χ1) is 16.9. The SMILES string of the molecule is CCS(=O)(=O)N1c2ccc(OCC3CCCNC3)cc2CC1c1ccc2ccc(C(=N)N)cc2c1. The van der Waals surface area contributed by atoms with Crippen molar-refractivity contribution in [2.24, 2.45) is 11.7 Å². The molecule has 4 N–H and O–H groups in total. The molecule has 2 unspecified atom stereocenters. The number of piperidine rings is 1. The highest BCUT2D eigenvalue weighted by molar-refractivity contribution is 7.92. The zero-order chi connectivity index (χ0) is 24.6. The first kappa shape index (κ1) is 23.6. The number of benzene rings is 3. The van der Waals surface area contributed by atoms with Crippen LogP contribution in [-0.4, -0.2) is 39.7 Å². The van der Waals surface area contributed by atoms with Crippen LogP contribution in [0.5, 0.6) is 5.75 Å². The number of amidine groups is 1. The molecular formula is C27H32N4O3S. The molecule has 1 saturated heterocycles. The Morgan fingerprint density at radius 2 is 1.97 bits per heavy atom. The minimum absolute atomic E-state index is 0.0114. The number of nitrogen functional groups attached to an aromatic ring is 1. The van der Waals surface area contributed by atoms with Crippen molar-refractivity contribution < 1.29 is 13.2 Å². The van der Waals surface area contributed by atoms with Crippen molar-refractivity contribution in [2.45, 2.75) is 32.2 Å². The lowest BCUT2D eigenvalue weighted by Crippen LogP contribution is -2.33. The molecule has 0 spiro atoms. The maximum Gasteiger partial charge on any atom is 0.235 e. The van der Waals surface area contributed by atoms with Gasteiger partial charge < -0.3 is 15.8 Å². The van der Waals surface area contributed by atoms with E-state index in [4.69, 9.17) is 15.9 Å². The molecular weight excluding hydrogens is 460 g/mol. The Balaban J connectivity index is 1.47. The standard InChI is InChI=1S/C27H32N4O3S/c1-2-35(32,33)31-25-10-9-24(34-17-18-4-3-11-30-16-18)14-23(25)15-26(31)20-7-5-19-6-8-21(27(28)29)13-22(19)12-20/h5-10,12-14,18,26,30H,2-4,11,15-17H2,1H3,(H3,28,29). The monoisotopic (exact) mass is 492 g/mol. The lowest BCUT2D eigenvalue weighted by molar-refractivity contribution is 0.218. The van der Waals surface area contributed by atoms with Crippen LogP contribution < -0.4 is 20.1 Å². The van der Waals surface area contributed by atoms with Crippen LogP contribution in [0.4, 0.5) is 5.69 Å². The van der Waals surface area contributed by atoms with E-state index < -0.39 is 10.0 Å². The first-order valence-corrected chi connectivity index (χ1v) is 13.8. The summed E-state index contributed by atoms with van der Waals surface area (Å²) in [6.45, 7) is 4.39. The minimum atomic E-state index is -3.50. The average Bonchev–Trinajstić information content (AvgIpc) is 3.27. The Morgan fingerprint density at radius 1 is 1.14 bits per heavy atom. The van der Waals surface area contributed by atoms with Gasteiger partial charge in [-0.15, -0.1) is 0 Å². The van der Waals surface area contributed by atoms with Gasteiger partial charge in [-0.25, -0.2) is 8.42 Å². The second-order valence-corrected chi connectivity index (χ2v) is 11.6. The summed E-state index contributed by atoms with van der Waals surface area (Å²) >= 11 is 0. The molecule has 0 amide bonds. The summed E-state index contributed by atoms with van der Waals surface area (Å²) < 4.78 is 34.1. The zero-order valence-corrected chi connectivity index (χ0v) is 20.8. The van der Waals surface area contributed by atoms with Gasteiger partial charge >= 0.3 is 0 Å². The Morgan fingerprint density at radius 3 is 2.71 bits per heavy atom. The molecule has 3 aromatic carbocycles. The van der Waals surface area contributed by atoms with E-state index in [1.54, 1.807) is 11.2 Å². The molecule has 35 heavy (non-hydrogen) atoms. The number of nitrogens with zero attached hydrogens (tertiary/aromatic N) is 1. The van der Waals surface area contributed by atoms with E-state index in [-0.39, 0.29) is 17.6 Å². The average molecular weight is 493 g/mol. The van der Waals surface area contributed by atoms with Crippen molar-refractivity contribution in [3.63, 3.8) is 0 Å². The highest BCUT2D eigenvalue weighted by atomic mass is 32.2. The number of hydrogen-bond acceptors (Lipinski definition) is 5. The number of hydrogen-bond donors (Lipinski definition) is 3. The van der Waals surface area contributed by atoms with Crippen LogP contribution in [0.15, 0.2) is 54.6 Å². The zero-order valence-electron chi connectivity index (χ0n) is 20.0. The van der Waals surface area contributed by atoms with Crippen molar-refractivity contribution in [1.29, 1.82) is 5.41 Å². The highest BCUT2D eigenvalue weighted by Gasteiger charge is 2.38. The number of anilines is 1. The molecule has 184 valence electrons. The topological polar surface area (TPSA) is 109 Å². The lowest BCUT2D eigenvalue weighted by Gasteiger charge is -2.27. The minimum Gasteiger partial charge on any atom is -0.493 e. The number of ether oxygens (including phenoxy) is 1. The van der Waals surface area contributed by atoms with Crippen LogP contribution in [0.3, 0.4) is 0 Å². The normalized spacial score (nSPS) is 20.1. The van der Waals surface area contributed by atoms with E-state index in [0.717, 1.165) is 52.8 Å². The quantitative estimate of drug-likeness (QED) is 0.342. The van der Waals surface area contributed by atoms with Crippen molar-refractivity contribution in [1.82, 2.24) is 5.32 Å². The fourth-order valence-corrected chi connectivity index (χ4v) is 6.49. The van der Waals surface area contributed by atoms with Gasteiger partial charge in [0.15, 0.2) is 0 Å². The lowest BCUT2D eigenvalue weighted by atomic mass is 9.98. The van der Waals surface area contributed by atoms with Crippen molar-refractivity contribution in [2.75, 3.05) is 29.8 Å². The molecule has 3 aromatic rings. The third-order valence-corrected chi connectivity index (χ3v) is 8.87. The van der Waals surface area contributed by atoms with E-state index in [1.165, 1.54) is 6.42 Å². The van der Waals surface area contributed by atoms with Gasteiger partial charge in [0.05, 0.1) is 24.1 Å². The molecule has 0 saturated carbocycles. The van der Waals surface area contributed by atoms with Crippen LogP contribution in [0.25, 0.3) is 10.8 Å². The van der Waals surface area contributed by atoms with Crippen LogP contribution in [-0.2, 0) is 16.4 Å². The molecule has 0 bridgehead atoms. The molecule has 2 atom stereocenters. The largest absolute Gasteiger partial charge is 0.493 e. The molecule has 0 aliphatic carbocycles. The fraction of sp³-hybridized carbons (Fsp3) is 0.370. The van der Waals surface area contributed by atoms with E-state index in [1.807, 2.05) is 54.6 Å². The van der Waals surface area contributed by atoms with Gasteiger partial charge in [0, 0.05) is 24.4 Å². The summed E-state index contributed by atoms with van der Waals surface area (Å²) in [4.78, 5) is 0. The molecule has 7 nitrogen and oxygen atoms in total. The third-order valence-electron chi connectivity index (χ3n) is 7.09. The van der Waals surface area contributed by atoms with E-state index in [0.29, 0.717) is 24.5 Å². The van der Waals surface area contributed by atoms with E-state index in [9.17, 15) is 8.42 Å². The second kappa shape index (κ2) is 9.51. The van der Waals surface area contributed by atoms with Gasteiger partial charge in [0.1, 0.15) is 11.6 Å². The molecule has 5 rings (SSSR count). The number of sulfonamides is 1. The maximum absolute atomic E-state index is 13.2. The number of nitrogens with one attached hydrogen (secondary N) is 2. The number of nitrogens with two attached hydrogens (primary N) is 1. The summed E-state index contributed by atoms with van der Waals surface area (Å²) in [5.41, 5.74) is 8.95. The summed E-state index contributed by atoms with van der Waals surface area (Å²) in [5.74, 6) is 1.32. The summed E-state index contributed by atoms with van der Waals surface area (Å²) in [5, 5.41) is 13.1. The smallest absolute Gasteiger partial charge is 0.235 e. The second-order valence-electron chi connectivity index (χ2n) is 9.47. The summed E-state index contributed by atoms with van der Waals surface area (Å²) in [7, 11) is -3.50. The van der Waals surface area contributed by atoms with E-state index in [2.05, 4.69) is 5.32 Å². The molecule has 2 heterocycles. The van der Waals surface area contributed by atoms with Gasteiger partial charge in [-0.1, -0.05) is 24.3 Å². The van der Waals surface area contributed by atoms with Gasteiger partial charge in [-0.2, -0.15) is 0 Å². The van der Waals surface area contributed by atoms with E-state index >= 15 is 0 Å². The maximum atomic E-state index is 13.2. The van der Waals surface area contributed by atoms with Crippen LogP contribution in [0.1, 0.15) is 42.5 Å². The predicted octanol–water partition coefficient (Wildman–Crippen LogP) is 3.96. The summed E-state index contributed by atoms with van der Waals surface area (Å²) in [6.07, 6.45) is 2.91. The van der Waals surface area contributed by atoms with Crippen molar-refractivity contribution >= 4 is 32.3 Å². The van der Waals surface area contributed by atoms with Gasteiger partial charge in [0.25, 0.3) is 0 Å². The highest BCUT2D eigenvalue weighted by Crippen LogP contribution is 2.44. The molecule has 2 aliphatic rings. The van der Waals surface area contributed by atoms with Crippen LogP contribution in [0.2, 0.25) is 0 Å². The van der Waals surface area contributed by atoms with Gasteiger partial charge in [-0.05, 0) is 78.5 Å². The molecule has 0 aromatic heterocycles. The van der Waals surface area contributed by atoms with Crippen LogP contribution >= 0.6 is 0 Å². The molecule has 0 radical (unpaired) electrons. The van der Waals surface area contributed by atoms with Crippen molar-refractivity contribution in [3.8, 4) is 5.75 Å². The first-order valence-electron chi connectivity index (χ1n) is 12.2. The third kappa shape index (κ3) is 4.73. The van der Waals surface area contributed by atoms with Gasteiger partial charge in [0.2, 0.25) is 10.0 Å². The van der Waals surface area contributed by atoms with Crippen LogP contribution in [0, 0.1) is 11.3 Å².